The Morgan fingerprint density at radius 3 is 2.83 bits per heavy atom. The fraction of sp³-hybridized carbons (Fsp3) is 0.636. The molecule has 1 unspecified atom stereocenters. The molecule has 156 valence electrons. The Balaban J connectivity index is 1.66. The van der Waals surface area contributed by atoms with Gasteiger partial charge in [-0.2, -0.15) is 5.10 Å². The SMILES string of the molecule is CC(=O)N1CCCC2(CCc3c(NCCc4cn[nH]c4)nc(C(C)(C)C)nc32)C1. The lowest BCUT2D eigenvalue weighted by molar-refractivity contribution is -0.131. The van der Waals surface area contributed by atoms with Gasteiger partial charge in [-0.15, -0.1) is 0 Å². The summed E-state index contributed by atoms with van der Waals surface area (Å²) in [6.45, 7) is 10.6. The van der Waals surface area contributed by atoms with E-state index in [0.29, 0.717) is 0 Å². The number of aromatic nitrogens is 4. The summed E-state index contributed by atoms with van der Waals surface area (Å²) in [6.07, 6.45) is 8.84. The van der Waals surface area contributed by atoms with E-state index in [1.54, 1.807) is 6.92 Å². The molecule has 7 heteroatoms. The average molecular weight is 397 g/mol. The molecule has 1 aliphatic heterocycles. The Morgan fingerprint density at radius 1 is 1.31 bits per heavy atom. The third kappa shape index (κ3) is 3.87. The van der Waals surface area contributed by atoms with Crippen LogP contribution >= 0.6 is 0 Å². The number of nitrogens with one attached hydrogen (secondary N) is 2. The molecule has 7 nitrogen and oxygen atoms in total. The van der Waals surface area contributed by atoms with Crippen LogP contribution in [0.2, 0.25) is 0 Å². The molecule has 1 atom stereocenters. The molecule has 1 fully saturated rings. The van der Waals surface area contributed by atoms with Crippen LogP contribution in [0.3, 0.4) is 0 Å². The van der Waals surface area contributed by atoms with Crippen LogP contribution in [0.15, 0.2) is 12.4 Å². The molecule has 0 bridgehead atoms. The number of likely N-dealkylation sites (tertiary alicyclic amines) is 1. The molecule has 1 saturated heterocycles. The topological polar surface area (TPSA) is 86.8 Å². The van der Waals surface area contributed by atoms with Gasteiger partial charge >= 0.3 is 0 Å². The second kappa shape index (κ2) is 7.43. The number of carbonyl (C=O) groups is 1. The largest absolute Gasteiger partial charge is 0.369 e. The van der Waals surface area contributed by atoms with Crippen molar-refractivity contribution in [3.8, 4) is 0 Å². The van der Waals surface area contributed by atoms with Gasteiger partial charge in [0.1, 0.15) is 11.6 Å². The molecule has 2 aromatic heterocycles. The Morgan fingerprint density at radius 2 is 2.14 bits per heavy atom. The number of fused-ring (bicyclic) bond motifs is 2. The van der Waals surface area contributed by atoms with Crippen LogP contribution < -0.4 is 5.32 Å². The number of rotatable bonds is 4. The van der Waals surface area contributed by atoms with Crippen LogP contribution in [-0.4, -0.2) is 50.6 Å². The minimum absolute atomic E-state index is 0.0246. The molecule has 0 aromatic carbocycles. The first kappa shape index (κ1) is 19.9. The van der Waals surface area contributed by atoms with Gasteiger partial charge in [0, 0.05) is 49.1 Å². The first-order chi connectivity index (χ1) is 13.8. The summed E-state index contributed by atoms with van der Waals surface area (Å²) in [6, 6.07) is 0. The monoisotopic (exact) mass is 396 g/mol. The van der Waals surface area contributed by atoms with Gasteiger partial charge in [0.15, 0.2) is 0 Å². The number of anilines is 1. The molecule has 2 N–H and O–H groups in total. The average Bonchev–Trinajstić information content (AvgIpc) is 3.30. The van der Waals surface area contributed by atoms with E-state index in [1.165, 1.54) is 16.8 Å². The number of hydrogen-bond acceptors (Lipinski definition) is 5. The minimum Gasteiger partial charge on any atom is -0.369 e. The highest BCUT2D eigenvalue weighted by Gasteiger charge is 2.45. The number of carbonyl (C=O) groups excluding carboxylic acids is 1. The Bertz CT molecular complexity index is 885. The second-order valence-electron chi connectivity index (χ2n) is 9.58. The van der Waals surface area contributed by atoms with E-state index in [-0.39, 0.29) is 16.7 Å². The van der Waals surface area contributed by atoms with Crippen molar-refractivity contribution >= 4 is 11.7 Å². The van der Waals surface area contributed by atoms with E-state index in [4.69, 9.17) is 9.97 Å². The van der Waals surface area contributed by atoms with E-state index >= 15 is 0 Å². The van der Waals surface area contributed by atoms with Crippen LogP contribution in [0.25, 0.3) is 0 Å². The van der Waals surface area contributed by atoms with Crippen molar-refractivity contribution in [3.05, 3.63) is 35.0 Å². The summed E-state index contributed by atoms with van der Waals surface area (Å²) in [5.74, 6) is 2.02. The van der Waals surface area contributed by atoms with E-state index < -0.39 is 0 Å². The van der Waals surface area contributed by atoms with Gasteiger partial charge in [-0.05, 0) is 37.7 Å². The molecule has 0 radical (unpaired) electrons. The van der Waals surface area contributed by atoms with Crippen LogP contribution in [0.4, 0.5) is 5.82 Å². The summed E-state index contributed by atoms with van der Waals surface area (Å²) >= 11 is 0. The van der Waals surface area contributed by atoms with Crippen LogP contribution in [0.5, 0.6) is 0 Å². The highest BCUT2D eigenvalue weighted by molar-refractivity contribution is 5.73. The molecular formula is C22H32N6O. The summed E-state index contributed by atoms with van der Waals surface area (Å²) < 4.78 is 0. The van der Waals surface area contributed by atoms with Crippen molar-refractivity contribution in [2.75, 3.05) is 25.0 Å². The first-order valence-electron chi connectivity index (χ1n) is 10.7. The molecule has 1 aliphatic carbocycles. The van der Waals surface area contributed by atoms with Gasteiger partial charge in [0.25, 0.3) is 0 Å². The minimum atomic E-state index is -0.130. The number of nitrogens with zero attached hydrogens (tertiary/aromatic N) is 4. The van der Waals surface area contributed by atoms with Crippen molar-refractivity contribution < 1.29 is 4.79 Å². The lowest BCUT2D eigenvalue weighted by Crippen LogP contribution is -2.47. The lowest BCUT2D eigenvalue weighted by Gasteiger charge is -2.40. The lowest BCUT2D eigenvalue weighted by atomic mass is 9.77. The number of piperidine rings is 1. The fourth-order valence-electron chi connectivity index (χ4n) is 4.66. The molecule has 0 saturated carbocycles. The highest BCUT2D eigenvalue weighted by atomic mass is 16.2. The van der Waals surface area contributed by atoms with E-state index in [9.17, 15) is 4.79 Å². The van der Waals surface area contributed by atoms with Gasteiger partial charge in [0.2, 0.25) is 5.91 Å². The number of amides is 1. The van der Waals surface area contributed by atoms with Crippen molar-refractivity contribution in [3.63, 3.8) is 0 Å². The summed E-state index contributed by atoms with van der Waals surface area (Å²) in [4.78, 5) is 24.1. The van der Waals surface area contributed by atoms with Crippen LogP contribution in [0.1, 0.15) is 69.6 Å². The summed E-state index contributed by atoms with van der Waals surface area (Å²) in [5.41, 5.74) is 3.45. The molecule has 2 aromatic rings. The van der Waals surface area contributed by atoms with Crippen molar-refractivity contribution in [2.24, 2.45) is 0 Å². The van der Waals surface area contributed by atoms with E-state index in [0.717, 1.165) is 63.4 Å². The number of hydrogen-bond donors (Lipinski definition) is 2. The Kier molecular flexibility index (Phi) is 5.09. The van der Waals surface area contributed by atoms with Gasteiger partial charge in [-0.25, -0.2) is 9.97 Å². The fourth-order valence-corrected chi connectivity index (χ4v) is 4.66. The summed E-state index contributed by atoms with van der Waals surface area (Å²) in [5, 5.41) is 10.5. The Labute approximate surface area is 172 Å². The Hall–Kier alpha value is -2.44. The van der Waals surface area contributed by atoms with E-state index in [2.05, 4.69) is 36.3 Å². The maximum atomic E-state index is 12.1. The molecule has 4 rings (SSSR count). The van der Waals surface area contributed by atoms with Crippen LogP contribution in [0, 0.1) is 0 Å². The quantitative estimate of drug-likeness (QED) is 0.830. The normalized spacial score (nSPS) is 21.4. The predicted octanol–water partition coefficient (Wildman–Crippen LogP) is 2.98. The van der Waals surface area contributed by atoms with Gasteiger partial charge in [0.05, 0.1) is 11.9 Å². The maximum Gasteiger partial charge on any atom is 0.219 e. The smallest absolute Gasteiger partial charge is 0.219 e. The number of aromatic amines is 1. The third-order valence-corrected chi connectivity index (χ3v) is 6.32. The molecule has 1 spiro atoms. The molecule has 2 aliphatic rings. The molecular weight excluding hydrogens is 364 g/mol. The van der Waals surface area contributed by atoms with Crippen molar-refractivity contribution in [1.29, 1.82) is 0 Å². The highest BCUT2D eigenvalue weighted by Crippen LogP contribution is 2.46. The molecule has 29 heavy (non-hydrogen) atoms. The molecule has 1 amide bonds. The summed E-state index contributed by atoms with van der Waals surface area (Å²) in [7, 11) is 0. The van der Waals surface area contributed by atoms with E-state index in [1.807, 2.05) is 17.3 Å². The van der Waals surface area contributed by atoms with Gasteiger partial charge in [-0.3, -0.25) is 9.89 Å². The van der Waals surface area contributed by atoms with Gasteiger partial charge < -0.3 is 10.2 Å². The van der Waals surface area contributed by atoms with Crippen molar-refractivity contribution in [2.45, 2.75) is 70.6 Å². The molecule has 3 heterocycles. The second-order valence-corrected chi connectivity index (χ2v) is 9.58. The van der Waals surface area contributed by atoms with Gasteiger partial charge in [-0.1, -0.05) is 20.8 Å². The zero-order valence-electron chi connectivity index (χ0n) is 18.0. The maximum absolute atomic E-state index is 12.1. The third-order valence-electron chi connectivity index (χ3n) is 6.32. The standard InChI is InChI=1S/C22H32N6O/c1-15(29)28-11-5-8-22(14-28)9-6-17-18(22)26-20(21(2,3)4)27-19(17)23-10-7-16-12-24-25-13-16/h12-13H,5-11,14H2,1-4H3,(H,24,25)(H,23,26,27). The zero-order chi connectivity index (χ0) is 20.6. The first-order valence-corrected chi connectivity index (χ1v) is 10.7. The predicted molar refractivity (Wildman–Crippen MR) is 113 cm³/mol. The van der Waals surface area contributed by atoms with Crippen LogP contribution in [-0.2, 0) is 28.5 Å². The number of H-pyrrole nitrogens is 1. The van der Waals surface area contributed by atoms with Crippen molar-refractivity contribution in [1.82, 2.24) is 25.1 Å². The zero-order valence-corrected chi connectivity index (χ0v) is 18.0.